The van der Waals surface area contributed by atoms with Crippen molar-refractivity contribution in [2.75, 3.05) is 6.61 Å². The third-order valence-electron chi connectivity index (χ3n) is 3.33. The lowest BCUT2D eigenvalue weighted by atomic mass is 9.97. The van der Waals surface area contributed by atoms with E-state index in [2.05, 4.69) is 5.32 Å². The number of carbonyl (C=O) groups excluding carboxylic acids is 1. The lowest BCUT2D eigenvalue weighted by Gasteiger charge is -2.40. The van der Waals surface area contributed by atoms with Gasteiger partial charge in [0.05, 0.1) is 6.61 Å². The summed E-state index contributed by atoms with van der Waals surface area (Å²) in [5.41, 5.74) is 0. The number of ether oxygens (including phenoxy) is 1. The van der Waals surface area contributed by atoms with E-state index < -0.39 is 43.2 Å². The zero-order valence-electron chi connectivity index (χ0n) is 11.2. The summed E-state index contributed by atoms with van der Waals surface area (Å²) in [6.45, 7) is -0.549. The Labute approximate surface area is 121 Å². The number of amides is 1. The van der Waals surface area contributed by atoms with Crippen LogP contribution in [-0.4, -0.2) is 63.6 Å². The van der Waals surface area contributed by atoms with Crippen molar-refractivity contribution in [2.24, 2.45) is 0 Å². The van der Waals surface area contributed by atoms with Crippen LogP contribution in [0.25, 0.3) is 0 Å². The molecular weight excluding hydrogens is 280 g/mol. The molecule has 0 bridgehead atoms. The van der Waals surface area contributed by atoms with Crippen molar-refractivity contribution in [2.45, 2.75) is 37.2 Å². The molecule has 21 heavy (non-hydrogen) atoms. The van der Waals surface area contributed by atoms with Crippen molar-refractivity contribution in [1.29, 1.82) is 0 Å². The summed E-state index contributed by atoms with van der Waals surface area (Å²) in [5, 5.41) is 40.8. The first kappa shape index (κ1) is 15.8. The van der Waals surface area contributed by atoms with Gasteiger partial charge in [-0.05, 0) is 0 Å². The fourth-order valence-corrected chi connectivity index (χ4v) is 2.19. The van der Waals surface area contributed by atoms with Gasteiger partial charge in [0.25, 0.3) is 5.91 Å². The van der Waals surface area contributed by atoms with E-state index in [-0.39, 0.29) is 6.54 Å². The third-order valence-corrected chi connectivity index (χ3v) is 3.33. The summed E-state index contributed by atoms with van der Waals surface area (Å²) < 4.78 is 6.57. The number of aliphatic hydroxyl groups excluding tert-OH is 4. The van der Waals surface area contributed by atoms with Gasteiger partial charge in [-0.15, -0.1) is 0 Å². The van der Waals surface area contributed by atoms with Gasteiger partial charge in [-0.1, -0.05) is 6.07 Å². The first-order valence-electron chi connectivity index (χ1n) is 6.57. The Morgan fingerprint density at radius 1 is 1.14 bits per heavy atom. The molecule has 8 nitrogen and oxygen atoms in total. The fraction of sp³-hybridized carbons (Fsp3) is 0.538. The lowest BCUT2D eigenvalue weighted by Crippen LogP contribution is -2.65. The number of pyridine rings is 1. The average Bonchev–Trinajstić information content (AvgIpc) is 2.48. The van der Waals surface area contributed by atoms with Crippen LogP contribution in [0.4, 0.5) is 0 Å². The predicted octanol–water partition coefficient (Wildman–Crippen LogP) is -3.11. The van der Waals surface area contributed by atoms with Crippen molar-refractivity contribution >= 4 is 5.91 Å². The van der Waals surface area contributed by atoms with E-state index in [9.17, 15) is 20.1 Å². The van der Waals surface area contributed by atoms with Crippen LogP contribution in [-0.2, 0) is 16.1 Å². The number of nitrogens with zero attached hydrogens (tertiary/aromatic N) is 1. The predicted molar refractivity (Wildman–Crippen MR) is 68.5 cm³/mol. The van der Waals surface area contributed by atoms with Crippen LogP contribution in [0.15, 0.2) is 30.6 Å². The minimum Gasteiger partial charge on any atom is -0.394 e. The van der Waals surface area contributed by atoms with Crippen molar-refractivity contribution < 1.29 is 34.5 Å². The number of rotatable bonds is 4. The van der Waals surface area contributed by atoms with Crippen LogP contribution in [0.3, 0.4) is 0 Å². The normalized spacial score (nSPS) is 32.7. The maximum absolute atomic E-state index is 11.9. The van der Waals surface area contributed by atoms with Crippen LogP contribution in [0.1, 0.15) is 0 Å². The summed E-state index contributed by atoms with van der Waals surface area (Å²) in [6, 6.07) is 4.16. The smallest absolute Gasteiger partial charge is 0.286 e. The van der Waals surface area contributed by atoms with Crippen molar-refractivity contribution in [1.82, 2.24) is 5.32 Å². The van der Waals surface area contributed by atoms with E-state index in [0.717, 1.165) is 0 Å². The van der Waals surface area contributed by atoms with E-state index in [1.165, 1.54) is 0 Å². The molecule has 1 aromatic rings. The highest BCUT2D eigenvalue weighted by atomic mass is 16.6. The molecule has 0 spiro atoms. The molecular formula is C13H19N2O6+. The highest BCUT2D eigenvalue weighted by Gasteiger charge is 2.44. The van der Waals surface area contributed by atoms with E-state index in [0.29, 0.717) is 0 Å². The van der Waals surface area contributed by atoms with Crippen LogP contribution in [0, 0.1) is 0 Å². The molecule has 1 amide bonds. The van der Waals surface area contributed by atoms with Gasteiger partial charge in [0, 0.05) is 12.1 Å². The molecule has 5 N–H and O–H groups in total. The molecule has 1 aliphatic rings. The minimum atomic E-state index is -1.51. The SMILES string of the molecule is O=C(C[n+]1ccccc1)N[C@@H]1[C@@H](O)[C@H](O)[C@@H](CO)O[C@@H]1O. The second-order valence-electron chi connectivity index (χ2n) is 4.87. The summed E-state index contributed by atoms with van der Waals surface area (Å²) >= 11 is 0. The third kappa shape index (κ3) is 3.74. The summed E-state index contributed by atoms with van der Waals surface area (Å²) in [6.07, 6.45) is -2.04. The topological polar surface area (TPSA) is 123 Å². The van der Waals surface area contributed by atoms with Gasteiger partial charge in [-0.25, -0.2) is 0 Å². The largest absolute Gasteiger partial charge is 0.394 e. The highest BCUT2D eigenvalue weighted by Crippen LogP contribution is 2.19. The molecule has 0 saturated carbocycles. The molecule has 1 saturated heterocycles. The molecule has 0 unspecified atom stereocenters. The lowest BCUT2D eigenvalue weighted by molar-refractivity contribution is -0.684. The monoisotopic (exact) mass is 299 g/mol. The number of carbonyl (C=O) groups is 1. The van der Waals surface area contributed by atoms with E-state index in [1.54, 1.807) is 29.1 Å². The molecule has 1 fully saturated rings. The Bertz CT molecular complexity index is 471. The Hall–Kier alpha value is -1.58. The molecule has 0 aromatic carbocycles. The Morgan fingerprint density at radius 3 is 2.43 bits per heavy atom. The van der Waals surface area contributed by atoms with E-state index >= 15 is 0 Å². The number of nitrogens with one attached hydrogen (secondary N) is 1. The molecule has 0 radical (unpaired) electrons. The Kier molecular flexibility index (Phi) is 5.21. The van der Waals surface area contributed by atoms with Crippen LogP contribution >= 0.6 is 0 Å². The molecule has 2 rings (SSSR count). The zero-order chi connectivity index (χ0) is 15.4. The maximum Gasteiger partial charge on any atom is 0.286 e. The maximum atomic E-state index is 11.9. The molecule has 116 valence electrons. The van der Waals surface area contributed by atoms with Gasteiger partial charge in [0.1, 0.15) is 24.4 Å². The zero-order valence-corrected chi connectivity index (χ0v) is 11.2. The second kappa shape index (κ2) is 6.92. The standard InChI is InChI=1S/C13H18N2O6/c16-7-8-11(18)12(19)10(13(20)21-8)14-9(17)6-15-4-2-1-3-5-15/h1-5,8,10-13,16,18-20H,6-7H2/p+1/t8-,10-,11-,12-,13+/m1/s1. The minimum absolute atomic E-state index is 0.00367. The van der Waals surface area contributed by atoms with Gasteiger partial charge in [0.15, 0.2) is 18.7 Å². The second-order valence-corrected chi connectivity index (χ2v) is 4.87. The van der Waals surface area contributed by atoms with Crippen molar-refractivity contribution in [3.8, 4) is 0 Å². The molecule has 1 aliphatic heterocycles. The van der Waals surface area contributed by atoms with Gasteiger partial charge in [0.2, 0.25) is 6.54 Å². The first-order valence-corrected chi connectivity index (χ1v) is 6.57. The van der Waals surface area contributed by atoms with Gasteiger partial charge in [-0.2, -0.15) is 4.57 Å². The van der Waals surface area contributed by atoms with Crippen LogP contribution in [0.5, 0.6) is 0 Å². The number of hydrogen-bond acceptors (Lipinski definition) is 6. The molecule has 0 aliphatic carbocycles. The Morgan fingerprint density at radius 2 is 1.81 bits per heavy atom. The van der Waals surface area contributed by atoms with Gasteiger partial charge < -0.3 is 30.5 Å². The summed E-state index contributed by atoms with van der Waals surface area (Å²) in [5.74, 6) is -0.451. The van der Waals surface area contributed by atoms with Crippen molar-refractivity contribution in [3.63, 3.8) is 0 Å². The van der Waals surface area contributed by atoms with Crippen LogP contribution in [0.2, 0.25) is 0 Å². The Balaban J connectivity index is 1.96. The molecule has 2 heterocycles. The number of hydrogen-bond donors (Lipinski definition) is 5. The average molecular weight is 299 g/mol. The molecule has 8 heteroatoms. The van der Waals surface area contributed by atoms with Crippen LogP contribution < -0.4 is 9.88 Å². The summed E-state index contributed by atoms with van der Waals surface area (Å²) in [7, 11) is 0. The molecule has 1 aromatic heterocycles. The van der Waals surface area contributed by atoms with Gasteiger partial charge in [-0.3, -0.25) is 4.79 Å². The first-order chi connectivity index (χ1) is 10.0. The van der Waals surface area contributed by atoms with E-state index in [4.69, 9.17) is 9.84 Å². The molecule has 5 atom stereocenters. The fourth-order valence-electron chi connectivity index (χ4n) is 2.19. The number of aromatic nitrogens is 1. The quantitative estimate of drug-likeness (QED) is 0.375. The summed E-state index contributed by atoms with van der Waals surface area (Å²) in [4.78, 5) is 11.9. The van der Waals surface area contributed by atoms with Crippen molar-refractivity contribution in [3.05, 3.63) is 30.6 Å². The number of aliphatic hydroxyl groups is 4. The highest BCUT2D eigenvalue weighted by molar-refractivity contribution is 5.74. The van der Waals surface area contributed by atoms with E-state index in [1.807, 2.05) is 6.07 Å². The van der Waals surface area contributed by atoms with Gasteiger partial charge >= 0.3 is 0 Å².